The molecular weight excluding hydrogens is 446 g/mol. The lowest BCUT2D eigenvalue weighted by Crippen LogP contribution is -2.33. The van der Waals surface area contributed by atoms with Crippen LogP contribution in [0.25, 0.3) is 0 Å². The van der Waals surface area contributed by atoms with Gasteiger partial charge < -0.3 is 14.4 Å². The van der Waals surface area contributed by atoms with Gasteiger partial charge >= 0.3 is 5.97 Å². The molecule has 0 spiro atoms. The van der Waals surface area contributed by atoms with Crippen LogP contribution >= 0.6 is 15.9 Å². The van der Waals surface area contributed by atoms with E-state index in [4.69, 9.17) is 9.47 Å². The smallest absolute Gasteiger partial charge is 0.307 e. The van der Waals surface area contributed by atoms with Gasteiger partial charge in [-0.05, 0) is 43.0 Å². The molecule has 1 amide bonds. The van der Waals surface area contributed by atoms with E-state index in [1.807, 2.05) is 42.5 Å². The molecule has 0 radical (unpaired) electrons. The van der Waals surface area contributed by atoms with Crippen LogP contribution in [0.3, 0.4) is 0 Å². The molecule has 6 heteroatoms. The molecule has 30 heavy (non-hydrogen) atoms. The van der Waals surface area contributed by atoms with Gasteiger partial charge in [0.25, 0.3) is 5.91 Å². The molecule has 0 aromatic heterocycles. The second-order valence-corrected chi connectivity index (χ2v) is 8.35. The Bertz CT molecular complexity index is 823. The van der Waals surface area contributed by atoms with Crippen LogP contribution in [0.15, 0.2) is 53.0 Å². The predicted molar refractivity (Wildman–Crippen MR) is 122 cm³/mol. The highest BCUT2D eigenvalue weighted by molar-refractivity contribution is 9.10. The lowest BCUT2D eigenvalue weighted by molar-refractivity contribution is -0.143. The van der Waals surface area contributed by atoms with E-state index >= 15 is 0 Å². The van der Waals surface area contributed by atoms with E-state index in [0.29, 0.717) is 37.0 Å². The number of hydrogen-bond donors (Lipinski definition) is 0. The summed E-state index contributed by atoms with van der Waals surface area (Å²) in [6, 6.07) is 15.2. The zero-order valence-electron chi connectivity index (χ0n) is 17.9. The Morgan fingerprint density at radius 3 is 2.50 bits per heavy atom. The van der Waals surface area contributed by atoms with Crippen LogP contribution in [0, 0.1) is 5.92 Å². The first kappa shape index (κ1) is 23.9. The van der Waals surface area contributed by atoms with Crippen molar-refractivity contribution in [1.29, 1.82) is 0 Å². The minimum Gasteiger partial charge on any atom is -0.493 e. The van der Waals surface area contributed by atoms with Crippen LogP contribution in [0.1, 0.15) is 49.5 Å². The van der Waals surface area contributed by atoms with Crippen molar-refractivity contribution in [3.63, 3.8) is 0 Å². The van der Waals surface area contributed by atoms with Crippen molar-refractivity contribution >= 4 is 27.8 Å². The van der Waals surface area contributed by atoms with E-state index in [9.17, 15) is 9.59 Å². The maximum absolute atomic E-state index is 13.5. The molecule has 0 fully saturated rings. The van der Waals surface area contributed by atoms with Crippen molar-refractivity contribution in [1.82, 2.24) is 4.90 Å². The van der Waals surface area contributed by atoms with Crippen molar-refractivity contribution < 1.29 is 19.1 Å². The molecule has 0 aliphatic carbocycles. The Morgan fingerprint density at radius 2 is 1.83 bits per heavy atom. The second kappa shape index (κ2) is 12.4. The van der Waals surface area contributed by atoms with Crippen LogP contribution in [-0.2, 0) is 16.1 Å². The number of ether oxygens (including phenoxy) is 2. The van der Waals surface area contributed by atoms with Gasteiger partial charge in [0, 0.05) is 17.6 Å². The summed E-state index contributed by atoms with van der Waals surface area (Å²) in [7, 11) is 0. The Labute approximate surface area is 187 Å². The van der Waals surface area contributed by atoms with Gasteiger partial charge in [-0.15, -0.1) is 0 Å². The first-order chi connectivity index (χ1) is 14.4. The molecule has 5 nitrogen and oxygen atoms in total. The zero-order valence-corrected chi connectivity index (χ0v) is 19.5. The third kappa shape index (κ3) is 7.82. The fraction of sp³-hybridized carbons (Fsp3) is 0.417. The standard InChI is InChI=1S/C24H30BrNO4/c1-4-29-23(27)12-14-26(17-19-8-6-5-7-9-19)24(28)21-16-20(25)10-11-22(21)30-15-13-18(2)3/h5-11,16,18H,4,12-15,17H2,1-3H3. The van der Waals surface area contributed by atoms with Gasteiger partial charge in [0.05, 0.1) is 25.2 Å². The fourth-order valence-electron chi connectivity index (χ4n) is 2.89. The molecule has 0 unspecified atom stereocenters. The average Bonchev–Trinajstić information content (AvgIpc) is 2.72. The highest BCUT2D eigenvalue weighted by Crippen LogP contribution is 2.26. The van der Waals surface area contributed by atoms with Crippen LogP contribution in [0.2, 0.25) is 0 Å². The van der Waals surface area contributed by atoms with Crippen LogP contribution in [-0.4, -0.2) is 36.5 Å². The number of amides is 1. The van der Waals surface area contributed by atoms with Crippen molar-refractivity contribution in [3.05, 3.63) is 64.1 Å². The molecule has 2 aromatic rings. The number of hydrogen-bond acceptors (Lipinski definition) is 4. The van der Waals surface area contributed by atoms with Gasteiger partial charge in [-0.1, -0.05) is 60.1 Å². The first-order valence-corrected chi connectivity index (χ1v) is 11.1. The molecule has 0 saturated heterocycles. The minimum absolute atomic E-state index is 0.143. The highest BCUT2D eigenvalue weighted by atomic mass is 79.9. The molecule has 0 saturated carbocycles. The van der Waals surface area contributed by atoms with Crippen molar-refractivity contribution in [2.45, 2.75) is 40.2 Å². The summed E-state index contributed by atoms with van der Waals surface area (Å²) in [5, 5.41) is 0. The van der Waals surface area contributed by atoms with E-state index in [1.54, 1.807) is 17.9 Å². The molecule has 162 valence electrons. The monoisotopic (exact) mass is 475 g/mol. The summed E-state index contributed by atoms with van der Waals surface area (Å²) < 4.78 is 11.8. The first-order valence-electron chi connectivity index (χ1n) is 10.3. The SMILES string of the molecule is CCOC(=O)CCN(Cc1ccccc1)C(=O)c1cc(Br)ccc1OCCC(C)C. The third-order valence-corrected chi connectivity index (χ3v) is 5.01. The quantitative estimate of drug-likeness (QED) is 0.404. The van der Waals surface area contributed by atoms with Crippen molar-refractivity contribution in [2.75, 3.05) is 19.8 Å². The Hall–Kier alpha value is -2.34. The molecule has 0 N–H and O–H groups in total. The van der Waals surface area contributed by atoms with Gasteiger partial charge in [-0.3, -0.25) is 9.59 Å². The number of nitrogens with zero attached hydrogens (tertiary/aromatic N) is 1. The maximum atomic E-state index is 13.5. The molecule has 0 heterocycles. The molecular formula is C24H30BrNO4. The summed E-state index contributed by atoms with van der Waals surface area (Å²) in [6.07, 6.45) is 1.05. The lowest BCUT2D eigenvalue weighted by atomic mass is 10.1. The zero-order chi connectivity index (χ0) is 21.9. The highest BCUT2D eigenvalue weighted by Gasteiger charge is 2.22. The molecule has 2 rings (SSSR count). The lowest BCUT2D eigenvalue weighted by Gasteiger charge is -2.24. The number of rotatable bonds is 11. The Balaban J connectivity index is 2.24. The van der Waals surface area contributed by atoms with Crippen molar-refractivity contribution in [2.24, 2.45) is 5.92 Å². The van der Waals surface area contributed by atoms with E-state index < -0.39 is 0 Å². The molecule has 0 aliphatic rings. The Kier molecular flexibility index (Phi) is 9.87. The van der Waals surface area contributed by atoms with Crippen LogP contribution in [0.4, 0.5) is 0 Å². The predicted octanol–water partition coefficient (Wildman–Crippen LogP) is 5.47. The third-order valence-electron chi connectivity index (χ3n) is 4.52. The van der Waals surface area contributed by atoms with Gasteiger partial charge in [0.1, 0.15) is 5.75 Å². The van der Waals surface area contributed by atoms with E-state index in [1.165, 1.54) is 0 Å². The van der Waals surface area contributed by atoms with Gasteiger partial charge in [-0.25, -0.2) is 0 Å². The number of carbonyl (C=O) groups excluding carboxylic acids is 2. The van der Waals surface area contributed by atoms with E-state index in [0.717, 1.165) is 16.5 Å². The van der Waals surface area contributed by atoms with Crippen LogP contribution in [0.5, 0.6) is 5.75 Å². The molecule has 0 atom stereocenters. The molecule has 2 aromatic carbocycles. The Morgan fingerprint density at radius 1 is 1.10 bits per heavy atom. The van der Waals surface area contributed by atoms with Gasteiger partial charge in [-0.2, -0.15) is 0 Å². The summed E-state index contributed by atoms with van der Waals surface area (Å²) in [4.78, 5) is 27.0. The fourth-order valence-corrected chi connectivity index (χ4v) is 3.25. The van der Waals surface area contributed by atoms with Crippen molar-refractivity contribution in [3.8, 4) is 5.75 Å². The van der Waals surface area contributed by atoms with Gasteiger partial charge in [0.15, 0.2) is 0 Å². The number of benzene rings is 2. The van der Waals surface area contributed by atoms with Crippen LogP contribution < -0.4 is 4.74 Å². The topological polar surface area (TPSA) is 55.8 Å². The largest absolute Gasteiger partial charge is 0.493 e. The maximum Gasteiger partial charge on any atom is 0.307 e. The summed E-state index contributed by atoms with van der Waals surface area (Å²) in [5.41, 5.74) is 1.47. The normalized spacial score (nSPS) is 10.7. The summed E-state index contributed by atoms with van der Waals surface area (Å²) in [6.45, 7) is 7.57. The number of carbonyl (C=O) groups is 2. The molecule has 0 bridgehead atoms. The molecule has 0 aliphatic heterocycles. The average molecular weight is 476 g/mol. The van der Waals surface area contributed by atoms with Gasteiger partial charge in [0.2, 0.25) is 0 Å². The van der Waals surface area contributed by atoms with E-state index in [-0.39, 0.29) is 24.8 Å². The van der Waals surface area contributed by atoms with E-state index in [2.05, 4.69) is 29.8 Å². The minimum atomic E-state index is -0.314. The summed E-state index contributed by atoms with van der Waals surface area (Å²) >= 11 is 3.45. The second-order valence-electron chi connectivity index (χ2n) is 7.44. The number of halogens is 1. The number of esters is 1. The summed E-state index contributed by atoms with van der Waals surface area (Å²) in [5.74, 6) is 0.576.